The maximum absolute atomic E-state index is 9.91. The van der Waals surface area contributed by atoms with E-state index in [1.165, 1.54) is 25.0 Å². The molecule has 2 aromatic carbocycles. The fourth-order valence-electron chi connectivity index (χ4n) is 3.66. The molecular weight excluding hydrogens is 324 g/mol. The Hall–Kier alpha value is -2.46. The van der Waals surface area contributed by atoms with E-state index >= 15 is 0 Å². The zero-order chi connectivity index (χ0) is 18.5. The second-order valence-electron chi connectivity index (χ2n) is 6.89. The van der Waals surface area contributed by atoms with Gasteiger partial charge in [0, 0.05) is 17.4 Å². The van der Waals surface area contributed by atoms with Crippen LogP contribution in [0, 0.1) is 6.92 Å². The van der Waals surface area contributed by atoms with Crippen molar-refractivity contribution >= 4 is 10.9 Å². The molecule has 3 N–H and O–H groups in total. The monoisotopic (exact) mass is 352 g/mol. The summed E-state index contributed by atoms with van der Waals surface area (Å²) in [6.07, 6.45) is 4.77. The SMILES string of the molecule is CNCCCCCCn1c(-c2ccc(O)cc2)c(C)c2cc(O)ccc21. The van der Waals surface area contributed by atoms with Crippen molar-refractivity contribution in [2.45, 2.75) is 39.2 Å². The fraction of sp³-hybridized carbons (Fsp3) is 0.364. The van der Waals surface area contributed by atoms with Crippen LogP contribution in [0.4, 0.5) is 0 Å². The molecule has 0 unspecified atom stereocenters. The van der Waals surface area contributed by atoms with Gasteiger partial charge in [0.15, 0.2) is 0 Å². The van der Waals surface area contributed by atoms with Gasteiger partial charge < -0.3 is 20.1 Å². The van der Waals surface area contributed by atoms with E-state index < -0.39 is 0 Å². The van der Waals surface area contributed by atoms with Crippen molar-refractivity contribution in [1.29, 1.82) is 0 Å². The van der Waals surface area contributed by atoms with Crippen LogP contribution in [0.25, 0.3) is 22.2 Å². The molecule has 1 aromatic heterocycles. The smallest absolute Gasteiger partial charge is 0.116 e. The number of nitrogens with one attached hydrogen (secondary N) is 1. The van der Waals surface area contributed by atoms with E-state index in [2.05, 4.69) is 16.8 Å². The van der Waals surface area contributed by atoms with Gasteiger partial charge in [0.2, 0.25) is 0 Å². The molecule has 0 atom stereocenters. The lowest BCUT2D eigenvalue weighted by atomic mass is 10.1. The first-order valence-corrected chi connectivity index (χ1v) is 9.37. The highest BCUT2D eigenvalue weighted by molar-refractivity contribution is 5.92. The van der Waals surface area contributed by atoms with E-state index in [0.717, 1.165) is 41.5 Å². The van der Waals surface area contributed by atoms with Gasteiger partial charge in [-0.05, 0) is 86.9 Å². The lowest BCUT2D eigenvalue weighted by Crippen LogP contribution is -2.07. The number of hydrogen-bond acceptors (Lipinski definition) is 3. The Kier molecular flexibility index (Phi) is 5.84. The molecule has 138 valence electrons. The van der Waals surface area contributed by atoms with Gasteiger partial charge in [-0.1, -0.05) is 12.8 Å². The van der Waals surface area contributed by atoms with Gasteiger partial charge in [-0.25, -0.2) is 0 Å². The van der Waals surface area contributed by atoms with E-state index in [9.17, 15) is 10.2 Å². The molecule has 0 saturated heterocycles. The summed E-state index contributed by atoms with van der Waals surface area (Å²) in [5, 5.41) is 23.8. The van der Waals surface area contributed by atoms with Crippen molar-refractivity contribution in [1.82, 2.24) is 9.88 Å². The molecule has 3 aromatic rings. The van der Waals surface area contributed by atoms with Crippen LogP contribution in [0.3, 0.4) is 0 Å². The number of benzene rings is 2. The van der Waals surface area contributed by atoms with Crippen molar-refractivity contribution in [3.05, 3.63) is 48.0 Å². The fourth-order valence-corrected chi connectivity index (χ4v) is 3.66. The van der Waals surface area contributed by atoms with E-state index in [1.807, 2.05) is 31.3 Å². The van der Waals surface area contributed by atoms with Crippen molar-refractivity contribution in [3.63, 3.8) is 0 Å². The van der Waals surface area contributed by atoms with Crippen LogP contribution in [0.5, 0.6) is 11.5 Å². The first-order valence-electron chi connectivity index (χ1n) is 9.37. The number of fused-ring (bicyclic) bond motifs is 1. The van der Waals surface area contributed by atoms with Gasteiger partial charge in [0.05, 0.1) is 5.69 Å². The van der Waals surface area contributed by atoms with Crippen molar-refractivity contribution in [3.8, 4) is 22.8 Å². The molecule has 0 aliphatic rings. The predicted molar refractivity (Wildman–Crippen MR) is 108 cm³/mol. The van der Waals surface area contributed by atoms with Crippen LogP contribution in [0.1, 0.15) is 31.2 Å². The molecule has 4 nitrogen and oxygen atoms in total. The highest BCUT2D eigenvalue weighted by atomic mass is 16.3. The predicted octanol–water partition coefficient (Wildman–Crippen LogP) is 4.81. The number of aryl methyl sites for hydroxylation is 2. The van der Waals surface area contributed by atoms with Crippen molar-refractivity contribution < 1.29 is 10.2 Å². The second kappa shape index (κ2) is 8.28. The van der Waals surface area contributed by atoms with Crippen LogP contribution in [0.2, 0.25) is 0 Å². The number of phenols is 2. The van der Waals surface area contributed by atoms with Gasteiger partial charge in [0.1, 0.15) is 11.5 Å². The highest BCUT2D eigenvalue weighted by Crippen LogP contribution is 2.35. The topological polar surface area (TPSA) is 57.4 Å². The lowest BCUT2D eigenvalue weighted by molar-refractivity contribution is 0.475. The zero-order valence-electron chi connectivity index (χ0n) is 15.6. The first kappa shape index (κ1) is 18.3. The summed E-state index contributed by atoms with van der Waals surface area (Å²) in [7, 11) is 1.99. The third-order valence-electron chi connectivity index (χ3n) is 5.00. The lowest BCUT2D eigenvalue weighted by Gasteiger charge is -2.12. The summed E-state index contributed by atoms with van der Waals surface area (Å²) in [5.74, 6) is 0.568. The number of aromatic hydroxyl groups is 2. The minimum Gasteiger partial charge on any atom is -0.508 e. The minimum absolute atomic E-state index is 0.274. The second-order valence-corrected chi connectivity index (χ2v) is 6.89. The number of aromatic nitrogens is 1. The summed E-state index contributed by atoms with van der Waals surface area (Å²) in [5.41, 5.74) is 4.57. The Bertz CT molecular complexity index is 866. The van der Waals surface area contributed by atoms with Crippen molar-refractivity contribution in [2.24, 2.45) is 0 Å². The molecule has 0 aliphatic heterocycles. The summed E-state index contributed by atoms with van der Waals surface area (Å²) in [4.78, 5) is 0. The number of phenolic OH excluding ortho intramolecular Hbond substituents is 2. The molecule has 4 heteroatoms. The van der Waals surface area contributed by atoms with E-state index in [-0.39, 0.29) is 5.75 Å². The van der Waals surface area contributed by atoms with E-state index in [0.29, 0.717) is 5.75 Å². The maximum atomic E-state index is 9.91. The molecule has 0 fully saturated rings. The molecule has 26 heavy (non-hydrogen) atoms. The third kappa shape index (κ3) is 3.86. The summed E-state index contributed by atoms with van der Waals surface area (Å²) < 4.78 is 2.36. The van der Waals surface area contributed by atoms with Gasteiger partial charge in [0.25, 0.3) is 0 Å². The molecular formula is C22H28N2O2. The van der Waals surface area contributed by atoms with Gasteiger partial charge in [-0.3, -0.25) is 0 Å². The summed E-state index contributed by atoms with van der Waals surface area (Å²) in [6.45, 7) is 4.13. The van der Waals surface area contributed by atoms with Gasteiger partial charge in [-0.15, -0.1) is 0 Å². The Morgan fingerprint density at radius 1 is 0.885 bits per heavy atom. The molecule has 0 radical (unpaired) electrons. The Morgan fingerprint density at radius 3 is 2.31 bits per heavy atom. The average Bonchev–Trinajstić information content (AvgIpc) is 2.90. The van der Waals surface area contributed by atoms with E-state index in [4.69, 9.17) is 0 Å². The normalized spacial score (nSPS) is 11.3. The quantitative estimate of drug-likeness (QED) is 0.510. The number of unbranched alkanes of at least 4 members (excludes halogenated alkanes) is 3. The largest absolute Gasteiger partial charge is 0.508 e. The van der Waals surface area contributed by atoms with Crippen LogP contribution in [-0.2, 0) is 6.54 Å². The zero-order valence-corrected chi connectivity index (χ0v) is 15.6. The van der Waals surface area contributed by atoms with Crippen LogP contribution >= 0.6 is 0 Å². The average molecular weight is 352 g/mol. The molecule has 0 aliphatic carbocycles. The molecule has 0 bridgehead atoms. The molecule has 3 rings (SSSR count). The molecule has 1 heterocycles. The van der Waals surface area contributed by atoms with Gasteiger partial charge in [-0.2, -0.15) is 0 Å². The maximum Gasteiger partial charge on any atom is 0.116 e. The van der Waals surface area contributed by atoms with Crippen LogP contribution < -0.4 is 5.32 Å². The van der Waals surface area contributed by atoms with Gasteiger partial charge >= 0.3 is 0 Å². The minimum atomic E-state index is 0.274. The number of hydrogen-bond donors (Lipinski definition) is 3. The summed E-state index contributed by atoms with van der Waals surface area (Å²) in [6, 6.07) is 13.0. The highest BCUT2D eigenvalue weighted by Gasteiger charge is 2.16. The number of nitrogens with zero attached hydrogens (tertiary/aromatic N) is 1. The van der Waals surface area contributed by atoms with E-state index in [1.54, 1.807) is 18.2 Å². The van der Waals surface area contributed by atoms with Crippen LogP contribution in [-0.4, -0.2) is 28.4 Å². The molecule has 0 spiro atoms. The molecule has 0 saturated carbocycles. The molecule has 0 amide bonds. The Balaban J connectivity index is 1.93. The standard InChI is InChI=1S/C22H28N2O2/c1-16-20-15-19(26)11-12-21(20)24(14-6-4-3-5-13-23-2)22(16)17-7-9-18(25)10-8-17/h7-12,15,23,25-26H,3-6,13-14H2,1-2H3. The van der Waals surface area contributed by atoms with Crippen molar-refractivity contribution in [2.75, 3.05) is 13.6 Å². The Morgan fingerprint density at radius 2 is 1.58 bits per heavy atom. The van der Waals surface area contributed by atoms with Crippen LogP contribution in [0.15, 0.2) is 42.5 Å². The first-order chi connectivity index (χ1) is 12.6. The third-order valence-corrected chi connectivity index (χ3v) is 5.00. The number of rotatable bonds is 8. The Labute approximate surface area is 155 Å². The summed E-state index contributed by atoms with van der Waals surface area (Å²) >= 11 is 0.